The number of carbonyl (C=O) groups excluding carboxylic acids is 1. The molecule has 1 rings (SSSR count). The van der Waals surface area contributed by atoms with E-state index in [0.29, 0.717) is 16.9 Å². The van der Waals surface area contributed by atoms with Crippen LogP contribution in [-0.4, -0.2) is 35.4 Å². The van der Waals surface area contributed by atoms with Gasteiger partial charge in [-0.05, 0) is 18.2 Å². The van der Waals surface area contributed by atoms with Crippen molar-refractivity contribution in [1.82, 2.24) is 0 Å². The fraction of sp³-hybridized carbons (Fsp3) is 0.300. The van der Waals surface area contributed by atoms with Crippen LogP contribution in [0.3, 0.4) is 0 Å². The average molecular weight is 225 g/mol. The Balaban J connectivity index is 2.86. The minimum absolute atomic E-state index is 0.215. The van der Waals surface area contributed by atoms with Crippen LogP contribution in [0.25, 0.3) is 0 Å². The fourth-order valence-corrected chi connectivity index (χ4v) is 1.22. The number of benzene rings is 1. The topological polar surface area (TPSA) is 122 Å². The first-order valence-corrected chi connectivity index (χ1v) is 4.76. The molecule has 0 heterocycles. The molecule has 0 aliphatic carbocycles. The second kappa shape index (κ2) is 5.34. The molecular formula is C10H15N3O3. The van der Waals surface area contributed by atoms with Gasteiger partial charge in [-0.1, -0.05) is 0 Å². The lowest BCUT2D eigenvalue weighted by Crippen LogP contribution is -2.28. The molecule has 0 spiro atoms. The van der Waals surface area contributed by atoms with E-state index < -0.39 is 11.9 Å². The molecule has 1 aromatic carbocycles. The summed E-state index contributed by atoms with van der Waals surface area (Å²) in [5.41, 5.74) is 12.0. The molecule has 16 heavy (non-hydrogen) atoms. The second-order valence-corrected chi connectivity index (χ2v) is 3.37. The molecule has 1 amide bonds. The molecule has 0 fully saturated rings. The van der Waals surface area contributed by atoms with E-state index in [1.54, 1.807) is 6.07 Å². The summed E-state index contributed by atoms with van der Waals surface area (Å²) in [5.74, 6) is -0.556. The number of amides is 1. The second-order valence-electron chi connectivity index (χ2n) is 3.37. The molecule has 0 aliphatic heterocycles. The Morgan fingerprint density at radius 2 is 2.00 bits per heavy atom. The summed E-state index contributed by atoms with van der Waals surface area (Å²) < 4.78 is 0. The van der Waals surface area contributed by atoms with Crippen molar-refractivity contribution in [2.75, 3.05) is 24.3 Å². The predicted octanol–water partition coefficient (Wildman–Crippen LogP) is -0.867. The third kappa shape index (κ3) is 2.85. The Kier molecular flexibility index (Phi) is 4.10. The van der Waals surface area contributed by atoms with Gasteiger partial charge in [0.2, 0.25) is 5.91 Å². The van der Waals surface area contributed by atoms with E-state index in [4.69, 9.17) is 21.7 Å². The maximum Gasteiger partial charge on any atom is 0.248 e. The summed E-state index contributed by atoms with van der Waals surface area (Å²) in [4.78, 5) is 10.9. The first kappa shape index (κ1) is 12.3. The standard InChI is InChI=1S/C10H15N3O3/c11-8-3-6(10(12)16)1-2-9(8)13-7(4-14)5-15/h1-3,7,13-15H,4-5,11H2,(H2,12,16). The van der Waals surface area contributed by atoms with E-state index in [2.05, 4.69) is 5.32 Å². The highest BCUT2D eigenvalue weighted by Crippen LogP contribution is 2.20. The molecule has 88 valence electrons. The molecule has 0 aliphatic rings. The molecule has 0 unspecified atom stereocenters. The third-order valence-corrected chi connectivity index (χ3v) is 2.14. The summed E-state index contributed by atoms with van der Waals surface area (Å²) >= 11 is 0. The van der Waals surface area contributed by atoms with Crippen LogP contribution >= 0.6 is 0 Å². The summed E-state index contributed by atoms with van der Waals surface area (Å²) in [6.07, 6.45) is 0. The van der Waals surface area contributed by atoms with E-state index in [9.17, 15) is 4.79 Å². The molecule has 0 aromatic heterocycles. The number of aliphatic hydroxyl groups excluding tert-OH is 2. The molecule has 1 aromatic rings. The third-order valence-electron chi connectivity index (χ3n) is 2.14. The zero-order chi connectivity index (χ0) is 12.1. The first-order valence-electron chi connectivity index (χ1n) is 4.76. The summed E-state index contributed by atoms with van der Waals surface area (Å²) in [5, 5.41) is 20.6. The minimum atomic E-state index is -0.556. The van der Waals surface area contributed by atoms with Gasteiger partial charge in [0.05, 0.1) is 30.6 Å². The fourth-order valence-electron chi connectivity index (χ4n) is 1.22. The zero-order valence-corrected chi connectivity index (χ0v) is 8.68. The lowest BCUT2D eigenvalue weighted by molar-refractivity contribution is 0.100. The normalized spacial score (nSPS) is 10.4. The molecule has 0 saturated carbocycles. The van der Waals surface area contributed by atoms with Crippen LogP contribution in [0.4, 0.5) is 11.4 Å². The van der Waals surface area contributed by atoms with Crippen molar-refractivity contribution in [3.05, 3.63) is 23.8 Å². The highest BCUT2D eigenvalue weighted by atomic mass is 16.3. The van der Waals surface area contributed by atoms with Gasteiger partial charge in [0.15, 0.2) is 0 Å². The van der Waals surface area contributed by atoms with Crippen LogP contribution < -0.4 is 16.8 Å². The largest absolute Gasteiger partial charge is 0.397 e. The smallest absolute Gasteiger partial charge is 0.248 e. The number of hydrogen-bond acceptors (Lipinski definition) is 5. The van der Waals surface area contributed by atoms with Crippen molar-refractivity contribution in [1.29, 1.82) is 0 Å². The Labute approximate surface area is 92.9 Å². The van der Waals surface area contributed by atoms with Crippen LogP contribution in [0.1, 0.15) is 10.4 Å². The minimum Gasteiger partial charge on any atom is -0.397 e. The molecule has 0 bridgehead atoms. The van der Waals surface area contributed by atoms with Gasteiger partial charge >= 0.3 is 0 Å². The zero-order valence-electron chi connectivity index (χ0n) is 8.68. The van der Waals surface area contributed by atoms with Crippen molar-refractivity contribution in [2.24, 2.45) is 5.73 Å². The van der Waals surface area contributed by atoms with Gasteiger partial charge in [0, 0.05) is 5.56 Å². The van der Waals surface area contributed by atoms with Crippen LogP contribution in [0.5, 0.6) is 0 Å². The molecule has 0 radical (unpaired) electrons. The van der Waals surface area contributed by atoms with Gasteiger partial charge in [-0.3, -0.25) is 4.79 Å². The molecule has 6 heteroatoms. The van der Waals surface area contributed by atoms with E-state index in [1.807, 2.05) is 0 Å². The summed E-state index contributed by atoms with van der Waals surface area (Å²) in [6, 6.07) is 4.05. The number of nitrogens with two attached hydrogens (primary N) is 2. The van der Waals surface area contributed by atoms with Gasteiger partial charge in [-0.25, -0.2) is 0 Å². The maximum absolute atomic E-state index is 10.9. The lowest BCUT2D eigenvalue weighted by atomic mass is 10.1. The van der Waals surface area contributed by atoms with Gasteiger partial charge in [0.1, 0.15) is 0 Å². The van der Waals surface area contributed by atoms with Crippen molar-refractivity contribution in [2.45, 2.75) is 6.04 Å². The number of rotatable bonds is 5. The monoisotopic (exact) mass is 225 g/mol. The van der Waals surface area contributed by atoms with Gasteiger partial charge in [-0.2, -0.15) is 0 Å². The Bertz CT molecular complexity index is 378. The van der Waals surface area contributed by atoms with Crippen molar-refractivity contribution in [3.8, 4) is 0 Å². The molecule has 0 saturated heterocycles. The van der Waals surface area contributed by atoms with Crippen molar-refractivity contribution in [3.63, 3.8) is 0 Å². The first-order chi connectivity index (χ1) is 7.58. The number of hydrogen-bond donors (Lipinski definition) is 5. The van der Waals surface area contributed by atoms with Crippen LogP contribution in [0.15, 0.2) is 18.2 Å². The number of nitrogen functional groups attached to an aromatic ring is 1. The highest BCUT2D eigenvalue weighted by Gasteiger charge is 2.09. The molecule has 7 N–H and O–H groups in total. The van der Waals surface area contributed by atoms with Crippen LogP contribution in [0.2, 0.25) is 0 Å². The maximum atomic E-state index is 10.9. The van der Waals surface area contributed by atoms with Crippen molar-refractivity contribution < 1.29 is 15.0 Å². The Hall–Kier alpha value is -1.79. The number of aliphatic hydroxyl groups is 2. The van der Waals surface area contributed by atoms with Crippen molar-refractivity contribution >= 4 is 17.3 Å². The van der Waals surface area contributed by atoms with Gasteiger partial charge in [0.25, 0.3) is 0 Å². The SMILES string of the molecule is NC(=O)c1ccc(NC(CO)CO)c(N)c1. The van der Waals surface area contributed by atoms with E-state index in [-0.39, 0.29) is 13.2 Å². The van der Waals surface area contributed by atoms with Crippen LogP contribution in [0, 0.1) is 0 Å². The van der Waals surface area contributed by atoms with Gasteiger partial charge < -0.3 is 27.0 Å². The molecule has 6 nitrogen and oxygen atoms in total. The van der Waals surface area contributed by atoms with E-state index in [1.165, 1.54) is 12.1 Å². The molecular weight excluding hydrogens is 210 g/mol. The lowest BCUT2D eigenvalue weighted by Gasteiger charge is -2.16. The number of primary amides is 1. The highest BCUT2D eigenvalue weighted by molar-refractivity contribution is 5.94. The van der Waals surface area contributed by atoms with E-state index >= 15 is 0 Å². The van der Waals surface area contributed by atoms with Gasteiger partial charge in [-0.15, -0.1) is 0 Å². The predicted molar refractivity (Wildman–Crippen MR) is 61.0 cm³/mol. The van der Waals surface area contributed by atoms with E-state index in [0.717, 1.165) is 0 Å². The quantitative estimate of drug-likeness (QED) is 0.417. The summed E-state index contributed by atoms with van der Waals surface area (Å²) in [7, 11) is 0. The number of carbonyl (C=O) groups is 1. The molecule has 0 atom stereocenters. The van der Waals surface area contributed by atoms with Crippen LogP contribution in [-0.2, 0) is 0 Å². The number of anilines is 2. The Morgan fingerprint density at radius 3 is 2.44 bits per heavy atom. The average Bonchev–Trinajstić information content (AvgIpc) is 2.27. The number of nitrogens with one attached hydrogen (secondary N) is 1. The Morgan fingerprint density at radius 1 is 1.38 bits per heavy atom. The summed E-state index contributed by atoms with van der Waals surface area (Å²) in [6.45, 7) is -0.430.